The topological polar surface area (TPSA) is 55.8 Å². The number of thiophene rings is 1. The summed E-state index contributed by atoms with van der Waals surface area (Å²) in [4.78, 5) is 24.9. The summed E-state index contributed by atoms with van der Waals surface area (Å²) in [5.74, 6) is -0.801. The molecule has 1 rings (SSSR count). The van der Waals surface area contributed by atoms with Gasteiger partial charge in [-0.25, -0.2) is 4.79 Å². The van der Waals surface area contributed by atoms with E-state index in [4.69, 9.17) is 9.47 Å². The lowest BCUT2D eigenvalue weighted by Crippen LogP contribution is -2.33. The molecule has 110 valence electrons. The van der Waals surface area contributed by atoms with Crippen molar-refractivity contribution in [2.45, 2.75) is 19.6 Å². The third-order valence-corrected chi connectivity index (χ3v) is 3.29. The van der Waals surface area contributed by atoms with Gasteiger partial charge in [0.1, 0.15) is 0 Å². The minimum atomic E-state index is -0.706. The second kappa shape index (κ2) is 8.50. The average Bonchev–Trinajstić information content (AvgIpc) is 2.94. The van der Waals surface area contributed by atoms with Gasteiger partial charge in [0.2, 0.25) is 0 Å². The lowest BCUT2D eigenvalue weighted by atomic mass is 10.3. The van der Waals surface area contributed by atoms with Gasteiger partial charge in [-0.2, -0.15) is 11.3 Å². The van der Waals surface area contributed by atoms with Crippen LogP contribution in [-0.4, -0.2) is 43.1 Å². The molecule has 0 spiro atoms. The van der Waals surface area contributed by atoms with Crippen molar-refractivity contribution in [3.8, 4) is 0 Å². The zero-order chi connectivity index (χ0) is 15.0. The average molecular weight is 297 g/mol. The van der Waals surface area contributed by atoms with Crippen molar-refractivity contribution in [1.29, 1.82) is 0 Å². The van der Waals surface area contributed by atoms with E-state index in [1.807, 2.05) is 16.8 Å². The molecule has 0 aliphatic rings. The highest BCUT2D eigenvalue weighted by Gasteiger charge is 2.17. The fourth-order valence-electron chi connectivity index (χ4n) is 1.39. The molecule has 1 amide bonds. The number of nitrogens with zero attached hydrogens (tertiary/aromatic N) is 1. The lowest BCUT2D eigenvalue weighted by Gasteiger charge is -2.17. The Hall–Kier alpha value is -1.66. The Balaban J connectivity index is 2.31. The van der Waals surface area contributed by atoms with E-state index < -0.39 is 12.1 Å². The Morgan fingerprint density at radius 2 is 2.30 bits per heavy atom. The second-order valence-electron chi connectivity index (χ2n) is 4.25. The number of likely N-dealkylation sites (N-methyl/N-ethyl adjacent to an activating group) is 1. The third-order valence-electron chi connectivity index (χ3n) is 2.56. The molecule has 0 fully saturated rings. The van der Waals surface area contributed by atoms with Crippen molar-refractivity contribution in [2.75, 3.05) is 20.3 Å². The number of ether oxygens (including phenoxy) is 2. The maximum absolute atomic E-state index is 11.8. The van der Waals surface area contributed by atoms with Crippen LogP contribution in [-0.2, 0) is 25.6 Å². The number of carbonyl (C=O) groups is 2. The van der Waals surface area contributed by atoms with E-state index in [9.17, 15) is 9.59 Å². The van der Waals surface area contributed by atoms with Gasteiger partial charge < -0.3 is 14.4 Å². The molecule has 0 N–H and O–H groups in total. The largest absolute Gasteiger partial charge is 0.454 e. The zero-order valence-electron chi connectivity index (χ0n) is 11.7. The molecule has 0 aliphatic heterocycles. The first kappa shape index (κ1) is 16.4. The summed E-state index contributed by atoms with van der Waals surface area (Å²) >= 11 is 1.58. The van der Waals surface area contributed by atoms with Gasteiger partial charge >= 0.3 is 5.97 Å². The summed E-state index contributed by atoms with van der Waals surface area (Å²) in [6.07, 6.45) is 0.840. The van der Waals surface area contributed by atoms with Crippen molar-refractivity contribution in [2.24, 2.45) is 0 Å². The molecule has 0 saturated carbocycles. The van der Waals surface area contributed by atoms with Crippen molar-refractivity contribution in [1.82, 2.24) is 4.90 Å². The van der Waals surface area contributed by atoms with E-state index in [0.717, 1.165) is 5.56 Å². The minimum absolute atomic E-state index is 0.250. The number of amides is 1. The monoisotopic (exact) mass is 297 g/mol. The van der Waals surface area contributed by atoms with E-state index in [1.54, 1.807) is 31.4 Å². The SMILES string of the molecule is C=CCOC(C)C(=O)OCC(=O)N(C)Cc1ccsc1. The summed E-state index contributed by atoms with van der Waals surface area (Å²) in [5, 5.41) is 3.92. The number of hydrogen-bond donors (Lipinski definition) is 0. The summed E-state index contributed by atoms with van der Waals surface area (Å²) in [6.45, 7) is 5.55. The molecule has 20 heavy (non-hydrogen) atoms. The molecular formula is C14H19NO4S. The number of hydrogen-bond acceptors (Lipinski definition) is 5. The van der Waals surface area contributed by atoms with Crippen molar-refractivity contribution < 1.29 is 19.1 Å². The van der Waals surface area contributed by atoms with Gasteiger partial charge in [-0.1, -0.05) is 6.08 Å². The van der Waals surface area contributed by atoms with Crippen molar-refractivity contribution in [3.63, 3.8) is 0 Å². The molecule has 0 aliphatic carbocycles. The van der Waals surface area contributed by atoms with Crippen LogP contribution in [0.2, 0.25) is 0 Å². The van der Waals surface area contributed by atoms with Crippen molar-refractivity contribution in [3.05, 3.63) is 35.0 Å². The summed E-state index contributed by atoms with van der Waals surface area (Å²) in [5.41, 5.74) is 1.06. The first-order valence-electron chi connectivity index (χ1n) is 6.18. The molecule has 1 heterocycles. The molecule has 0 saturated heterocycles. The maximum atomic E-state index is 11.8. The Labute approximate surface area is 122 Å². The Bertz CT molecular complexity index is 444. The van der Waals surface area contributed by atoms with E-state index in [-0.39, 0.29) is 19.1 Å². The summed E-state index contributed by atoms with van der Waals surface area (Å²) in [6, 6.07) is 1.95. The predicted molar refractivity (Wildman–Crippen MR) is 77.4 cm³/mol. The van der Waals surface area contributed by atoms with Crippen LogP contribution in [0.25, 0.3) is 0 Å². The molecule has 0 aromatic carbocycles. The first-order valence-corrected chi connectivity index (χ1v) is 7.13. The molecular weight excluding hydrogens is 278 g/mol. The van der Waals surface area contributed by atoms with Crippen LogP contribution in [0.5, 0.6) is 0 Å². The van der Waals surface area contributed by atoms with Crippen LogP contribution in [0.1, 0.15) is 12.5 Å². The fraction of sp³-hybridized carbons (Fsp3) is 0.429. The first-order chi connectivity index (χ1) is 9.54. The summed E-state index contributed by atoms with van der Waals surface area (Å²) < 4.78 is 10.0. The highest BCUT2D eigenvalue weighted by Crippen LogP contribution is 2.08. The lowest BCUT2D eigenvalue weighted by molar-refractivity contribution is -0.160. The molecule has 6 heteroatoms. The van der Waals surface area contributed by atoms with Gasteiger partial charge in [0.15, 0.2) is 12.7 Å². The molecule has 0 bridgehead atoms. The molecule has 1 aromatic heterocycles. The van der Waals surface area contributed by atoms with Crippen LogP contribution in [0, 0.1) is 0 Å². The number of carbonyl (C=O) groups excluding carboxylic acids is 2. The maximum Gasteiger partial charge on any atom is 0.335 e. The predicted octanol–water partition coefficient (Wildman–Crippen LogP) is 1.84. The molecule has 1 unspecified atom stereocenters. The van der Waals surface area contributed by atoms with Gasteiger partial charge in [-0.05, 0) is 29.3 Å². The van der Waals surface area contributed by atoms with E-state index in [0.29, 0.717) is 6.54 Å². The van der Waals surface area contributed by atoms with Crippen LogP contribution in [0.15, 0.2) is 29.5 Å². The second-order valence-corrected chi connectivity index (χ2v) is 5.03. The number of rotatable bonds is 8. The zero-order valence-corrected chi connectivity index (χ0v) is 12.5. The molecule has 1 atom stereocenters. The Morgan fingerprint density at radius 3 is 2.90 bits per heavy atom. The quantitative estimate of drug-likeness (QED) is 0.543. The van der Waals surface area contributed by atoms with E-state index >= 15 is 0 Å². The van der Waals surface area contributed by atoms with E-state index in [2.05, 4.69) is 6.58 Å². The van der Waals surface area contributed by atoms with Gasteiger partial charge in [0.05, 0.1) is 6.61 Å². The minimum Gasteiger partial charge on any atom is -0.454 e. The molecule has 5 nitrogen and oxygen atoms in total. The highest BCUT2D eigenvalue weighted by atomic mass is 32.1. The van der Waals surface area contributed by atoms with Gasteiger partial charge in [0, 0.05) is 13.6 Å². The molecule has 1 aromatic rings. The van der Waals surface area contributed by atoms with Crippen LogP contribution >= 0.6 is 11.3 Å². The fourth-order valence-corrected chi connectivity index (χ4v) is 2.05. The Kier molecular flexibility index (Phi) is 6.97. The summed E-state index contributed by atoms with van der Waals surface area (Å²) in [7, 11) is 1.67. The van der Waals surface area contributed by atoms with Crippen LogP contribution in [0.4, 0.5) is 0 Å². The standard InChI is InChI=1S/C14H19NO4S/c1-4-6-18-11(2)14(17)19-9-13(16)15(3)8-12-5-7-20-10-12/h4-5,7,10-11H,1,6,8-9H2,2-3H3. The smallest absolute Gasteiger partial charge is 0.335 e. The van der Waals surface area contributed by atoms with Crippen LogP contribution in [0.3, 0.4) is 0 Å². The molecule has 0 radical (unpaired) electrons. The van der Waals surface area contributed by atoms with Gasteiger partial charge in [0.25, 0.3) is 5.91 Å². The van der Waals surface area contributed by atoms with Gasteiger partial charge in [-0.3, -0.25) is 4.79 Å². The highest BCUT2D eigenvalue weighted by molar-refractivity contribution is 7.07. The Morgan fingerprint density at radius 1 is 1.55 bits per heavy atom. The third kappa shape index (κ3) is 5.54. The van der Waals surface area contributed by atoms with Crippen molar-refractivity contribution >= 4 is 23.2 Å². The van der Waals surface area contributed by atoms with E-state index in [1.165, 1.54) is 4.90 Å². The van der Waals surface area contributed by atoms with Gasteiger partial charge in [-0.15, -0.1) is 6.58 Å². The normalized spacial score (nSPS) is 11.7. The van der Waals surface area contributed by atoms with Crippen LogP contribution < -0.4 is 0 Å². The number of esters is 1.